The van der Waals surface area contributed by atoms with Crippen LogP contribution in [0.5, 0.6) is 0 Å². The molecule has 12 rings (SSSR count). The molecule has 336 valence electrons. The highest BCUT2D eigenvalue weighted by Crippen LogP contribution is 2.43. The van der Waals surface area contributed by atoms with Crippen LogP contribution in [0.25, 0.3) is 123 Å². The third-order valence-electron chi connectivity index (χ3n) is 13.5. The molecular weight excluding hydrogens is 857 g/mol. The second kappa shape index (κ2) is 17.1. The van der Waals surface area contributed by atoms with Crippen LogP contribution in [0.1, 0.15) is 33.4 Å². The first kappa shape index (κ1) is 42.6. The molecule has 0 saturated heterocycles. The van der Waals surface area contributed by atoms with Gasteiger partial charge in [-0.2, -0.15) is 0 Å². The number of aromatic nitrogens is 4. The van der Waals surface area contributed by atoms with E-state index in [4.69, 9.17) is 28.8 Å². The smallest absolute Gasteiger partial charge is 0.227 e. The first-order valence-corrected chi connectivity index (χ1v) is 23.8. The molecule has 0 aliphatic rings. The van der Waals surface area contributed by atoms with E-state index in [1.165, 1.54) is 44.5 Å². The summed E-state index contributed by atoms with van der Waals surface area (Å²) in [6, 6.07) is 63.5. The summed E-state index contributed by atoms with van der Waals surface area (Å²) in [5.74, 6) is 1.22. The monoisotopic (exact) mass is 904 g/mol. The lowest BCUT2D eigenvalue weighted by atomic mass is 9.85. The molecule has 12 aromatic rings. The molecule has 0 spiro atoms. The highest BCUT2D eigenvalue weighted by Gasteiger charge is 2.21. The molecule has 0 aliphatic carbocycles. The lowest BCUT2D eigenvalue weighted by Gasteiger charge is -2.21. The van der Waals surface area contributed by atoms with Gasteiger partial charge in [0.1, 0.15) is 11.0 Å². The van der Waals surface area contributed by atoms with Crippen LogP contribution in [-0.2, 0) is 0 Å². The van der Waals surface area contributed by atoms with Crippen LogP contribution in [0.4, 0.5) is 0 Å². The quantitative estimate of drug-likeness (QED) is 0.151. The molecule has 6 heteroatoms. The Morgan fingerprint density at radius 3 is 0.914 bits per heavy atom. The van der Waals surface area contributed by atoms with E-state index < -0.39 is 0 Å². The minimum absolute atomic E-state index is 0.611. The van der Waals surface area contributed by atoms with Crippen molar-refractivity contribution in [1.82, 2.24) is 19.9 Å². The van der Waals surface area contributed by atoms with Gasteiger partial charge in [0.15, 0.2) is 11.2 Å². The van der Waals surface area contributed by atoms with Crippen molar-refractivity contribution in [2.24, 2.45) is 0 Å². The van der Waals surface area contributed by atoms with Crippen molar-refractivity contribution in [3.05, 3.63) is 215 Å². The normalized spacial score (nSPS) is 11.6. The fourth-order valence-electron chi connectivity index (χ4n) is 10.4. The summed E-state index contributed by atoms with van der Waals surface area (Å²) in [6.45, 7) is 13.2. The van der Waals surface area contributed by atoms with E-state index in [0.717, 1.165) is 100 Å². The third-order valence-corrected chi connectivity index (χ3v) is 13.5. The number of hydrogen-bond donors (Lipinski definition) is 0. The standard InChI is InChI=1S/C64H48N4O2/c1-37-31-39(3)59(40(4)32-37)51-35-55-56(36-52(51)60-41(5)33-38(2)34-42(60)6)66-62(48-25-17-44(18-26-48)46-21-29-50(30-22-46)64-68-54-12-8-10-14-58(54)70-64)61(65-55)47-23-15-43(16-24-47)45-19-27-49(28-20-45)63-67-53-11-7-9-13-57(53)69-63/h7-36H,1-6H3. The fourth-order valence-corrected chi connectivity index (χ4v) is 10.4. The predicted octanol–water partition coefficient (Wildman–Crippen LogP) is 17.1. The number of fused-ring (bicyclic) bond motifs is 3. The molecule has 0 radical (unpaired) electrons. The number of para-hydroxylation sites is 4. The summed E-state index contributed by atoms with van der Waals surface area (Å²) in [5.41, 5.74) is 27.0. The molecule has 3 aromatic heterocycles. The predicted molar refractivity (Wildman–Crippen MR) is 287 cm³/mol. The molecule has 70 heavy (non-hydrogen) atoms. The highest BCUT2D eigenvalue weighted by atomic mass is 16.4. The molecule has 3 heterocycles. The van der Waals surface area contributed by atoms with Gasteiger partial charge in [0.25, 0.3) is 0 Å². The minimum Gasteiger partial charge on any atom is -0.436 e. The molecule has 0 fully saturated rings. The minimum atomic E-state index is 0.611. The Morgan fingerprint density at radius 2 is 0.586 bits per heavy atom. The Kier molecular flexibility index (Phi) is 10.4. The van der Waals surface area contributed by atoms with Crippen molar-refractivity contribution in [2.45, 2.75) is 41.5 Å². The van der Waals surface area contributed by atoms with E-state index in [1.807, 2.05) is 48.5 Å². The van der Waals surface area contributed by atoms with Crippen molar-refractivity contribution in [2.75, 3.05) is 0 Å². The van der Waals surface area contributed by atoms with Crippen LogP contribution >= 0.6 is 0 Å². The van der Waals surface area contributed by atoms with Crippen LogP contribution in [0.15, 0.2) is 191 Å². The van der Waals surface area contributed by atoms with Gasteiger partial charge in [0, 0.05) is 22.3 Å². The molecule has 0 atom stereocenters. The zero-order valence-corrected chi connectivity index (χ0v) is 39.9. The van der Waals surface area contributed by atoms with Crippen LogP contribution in [0.2, 0.25) is 0 Å². The summed E-state index contributed by atoms with van der Waals surface area (Å²) >= 11 is 0. The van der Waals surface area contributed by atoms with Crippen molar-refractivity contribution in [3.63, 3.8) is 0 Å². The van der Waals surface area contributed by atoms with Gasteiger partial charge >= 0.3 is 0 Å². The zero-order valence-electron chi connectivity index (χ0n) is 39.9. The average Bonchev–Trinajstić information content (AvgIpc) is 4.01. The average molecular weight is 905 g/mol. The SMILES string of the molecule is Cc1cc(C)c(-c2cc3nc(-c4ccc(-c5ccc(-c6nc7ccccc7o6)cc5)cc4)c(-c4ccc(-c5ccc(-c6nc7ccccc7o6)cc5)cc4)nc3cc2-c2c(C)cc(C)cc2C)c(C)c1. The molecule has 0 bridgehead atoms. The second-order valence-electron chi connectivity index (χ2n) is 18.6. The summed E-state index contributed by atoms with van der Waals surface area (Å²) in [4.78, 5) is 20.6. The number of rotatable bonds is 8. The zero-order chi connectivity index (χ0) is 47.6. The maximum Gasteiger partial charge on any atom is 0.227 e. The molecule has 0 N–H and O–H groups in total. The second-order valence-corrected chi connectivity index (χ2v) is 18.6. The largest absolute Gasteiger partial charge is 0.436 e. The Morgan fingerprint density at radius 1 is 0.286 bits per heavy atom. The Bertz CT molecular complexity index is 3600. The molecule has 6 nitrogen and oxygen atoms in total. The summed E-state index contributed by atoms with van der Waals surface area (Å²) < 4.78 is 12.1. The third kappa shape index (κ3) is 7.73. The first-order chi connectivity index (χ1) is 34.1. The maximum atomic E-state index is 6.06. The number of hydrogen-bond acceptors (Lipinski definition) is 6. The molecule has 0 saturated carbocycles. The number of benzene rings is 9. The molecule has 0 aliphatic heterocycles. The maximum absolute atomic E-state index is 6.06. The van der Waals surface area contributed by atoms with E-state index in [-0.39, 0.29) is 0 Å². The van der Waals surface area contributed by atoms with E-state index in [2.05, 4.69) is 175 Å². The Labute approximate surface area is 407 Å². The first-order valence-electron chi connectivity index (χ1n) is 23.8. The van der Waals surface area contributed by atoms with Gasteiger partial charge in [0.05, 0.1) is 22.4 Å². The number of oxazole rings is 2. The van der Waals surface area contributed by atoms with Crippen molar-refractivity contribution < 1.29 is 8.83 Å². The van der Waals surface area contributed by atoms with E-state index >= 15 is 0 Å². The van der Waals surface area contributed by atoms with Crippen LogP contribution in [0.3, 0.4) is 0 Å². The Balaban J connectivity index is 0.969. The van der Waals surface area contributed by atoms with Gasteiger partial charge in [-0.15, -0.1) is 0 Å². The van der Waals surface area contributed by atoms with E-state index in [9.17, 15) is 0 Å². The van der Waals surface area contributed by atoms with Gasteiger partial charge in [-0.3, -0.25) is 0 Å². The molecule has 9 aromatic carbocycles. The van der Waals surface area contributed by atoms with Gasteiger partial charge in [-0.05, 0) is 169 Å². The summed E-state index contributed by atoms with van der Waals surface area (Å²) in [7, 11) is 0. The van der Waals surface area contributed by atoms with Crippen molar-refractivity contribution in [1.29, 1.82) is 0 Å². The highest BCUT2D eigenvalue weighted by molar-refractivity contribution is 5.98. The number of aryl methyl sites for hydroxylation is 6. The summed E-state index contributed by atoms with van der Waals surface area (Å²) in [6.07, 6.45) is 0. The molecule has 0 unspecified atom stereocenters. The van der Waals surface area contributed by atoms with Gasteiger partial charge in [0.2, 0.25) is 11.8 Å². The lowest BCUT2D eigenvalue weighted by Crippen LogP contribution is -2.00. The van der Waals surface area contributed by atoms with Crippen molar-refractivity contribution >= 4 is 33.2 Å². The van der Waals surface area contributed by atoms with Crippen LogP contribution < -0.4 is 0 Å². The van der Waals surface area contributed by atoms with Crippen LogP contribution in [0, 0.1) is 41.5 Å². The van der Waals surface area contributed by atoms with E-state index in [0.29, 0.717) is 11.8 Å². The fraction of sp³-hybridized carbons (Fsp3) is 0.0938. The van der Waals surface area contributed by atoms with Gasteiger partial charge < -0.3 is 8.83 Å². The Hall–Kier alpha value is -8.74. The molecular formula is C64H48N4O2. The van der Waals surface area contributed by atoms with Crippen molar-refractivity contribution in [3.8, 4) is 89.9 Å². The van der Waals surface area contributed by atoms with Gasteiger partial charge in [-0.25, -0.2) is 19.9 Å². The topological polar surface area (TPSA) is 77.8 Å². The van der Waals surface area contributed by atoms with Crippen LogP contribution in [-0.4, -0.2) is 19.9 Å². The summed E-state index contributed by atoms with van der Waals surface area (Å²) in [5, 5.41) is 0. The molecule has 0 amide bonds. The number of nitrogens with zero attached hydrogens (tertiary/aromatic N) is 4. The van der Waals surface area contributed by atoms with Gasteiger partial charge in [-0.1, -0.05) is 132 Å². The lowest BCUT2D eigenvalue weighted by molar-refractivity contribution is 0.619. The van der Waals surface area contributed by atoms with E-state index in [1.54, 1.807) is 0 Å².